The summed E-state index contributed by atoms with van der Waals surface area (Å²) in [4.78, 5) is 0.216. The molecular formula is C16H21N3O4S. The molecule has 3 rings (SSSR count). The molecule has 0 bridgehead atoms. The van der Waals surface area contributed by atoms with Crippen LogP contribution in [0.15, 0.2) is 47.6 Å². The SMILES string of the molecule is O=S(=O)(c1ccc(-n2cccn2)cc1)N1CCC[C@@](O)(CO)CC1. The minimum Gasteiger partial charge on any atom is -0.393 e. The zero-order chi connectivity index (χ0) is 17.2. The molecule has 2 N–H and O–H groups in total. The summed E-state index contributed by atoms with van der Waals surface area (Å²) < 4.78 is 28.6. The number of aliphatic hydroxyl groups is 2. The molecule has 0 saturated carbocycles. The van der Waals surface area contributed by atoms with Gasteiger partial charge in [0.25, 0.3) is 0 Å². The van der Waals surface area contributed by atoms with E-state index < -0.39 is 15.6 Å². The lowest BCUT2D eigenvalue weighted by Crippen LogP contribution is -2.36. The number of sulfonamides is 1. The fourth-order valence-electron chi connectivity index (χ4n) is 2.89. The van der Waals surface area contributed by atoms with Gasteiger partial charge in [0.05, 0.1) is 22.8 Å². The van der Waals surface area contributed by atoms with E-state index in [1.54, 1.807) is 47.4 Å². The molecule has 0 amide bonds. The monoisotopic (exact) mass is 351 g/mol. The minimum atomic E-state index is -3.62. The van der Waals surface area contributed by atoms with Crippen LogP contribution in [0.4, 0.5) is 0 Å². The van der Waals surface area contributed by atoms with Crippen molar-refractivity contribution >= 4 is 10.0 Å². The Morgan fingerprint density at radius 1 is 1.17 bits per heavy atom. The first-order valence-electron chi connectivity index (χ1n) is 7.88. The maximum absolute atomic E-state index is 12.8. The summed E-state index contributed by atoms with van der Waals surface area (Å²) >= 11 is 0. The van der Waals surface area contributed by atoms with Crippen LogP contribution in [0.1, 0.15) is 19.3 Å². The van der Waals surface area contributed by atoms with Crippen molar-refractivity contribution in [3.05, 3.63) is 42.7 Å². The molecule has 1 saturated heterocycles. The first-order chi connectivity index (χ1) is 11.4. The van der Waals surface area contributed by atoms with Gasteiger partial charge in [-0.25, -0.2) is 13.1 Å². The van der Waals surface area contributed by atoms with E-state index in [-0.39, 0.29) is 24.5 Å². The fourth-order valence-corrected chi connectivity index (χ4v) is 4.37. The Morgan fingerprint density at radius 2 is 1.92 bits per heavy atom. The second-order valence-electron chi connectivity index (χ2n) is 6.08. The van der Waals surface area contributed by atoms with E-state index in [2.05, 4.69) is 5.10 Å². The minimum absolute atomic E-state index is 0.195. The van der Waals surface area contributed by atoms with Crippen molar-refractivity contribution in [2.45, 2.75) is 29.8 Å². The predicted octanol–water partition coefficient (Wildman–Crippen LogP) is 0.770. The largest absolute Gasteiger partial charge is 0.393 e. The molecule has 0 aliphatic carbocycles. The summed E-state index contributed by atoms with van der Waals surface area (Å²) in [5, 5.41) is 23.6. The lowest BCUT2D eigenvalue weighted by atomic mass is 9.96. The van der Waals surface area contributed by atoms with Crippen LogP contribution in [0, 0.1) is 0 Å². The molecule has 2 aromatic rings. The quantitative estimate of drug-likeness (QED) is 0.848. The summed E-state index contributed by atoms with van der Waals surface area (Å²) in [5.41, 5.74) is -0.404. The van der Waals surface area contributed by atoms with Crippen molar-refractivity contribution in [1.82, 2.24) is 14.1 Å². The van der Waals surface area contributed by atoms with Gasteiger partial charge in [-0.15, -0.1) is 0 Å². The smallest absolute Gasteiger partial charge is 0.243 e. The lowest BCUT2D eigenvalue weighted by molar-refractivity contribution is -0.0244. The summed E-state index contributed by atoms with van der Waals surface area (Å²) in [7, 11) is -3.62. The Kier molecular flexibility index (Phi) is 4.73. The van der Waals surface area contributed by atoms with Crippen LogP contribution in [-0.2, 0) is 10.0 Å². The number of aromatic nitrogens is 2. The fraction of sp³-hybridized carbons (Fsp3) is 0.438. The van der Waals surface area contributed by atoms with Crippen molar-refractivity contribution < 1.29 is 18.6 Å². The Bertz CT molecular complexity index is 774. The maximum Gasteiger partial charge on any atom is 0.243 e. The molecular weight excluding hydrogens is 330 g/mol. The summed E-state index contributed by atoms with van der Waals surface area (Å²) in [6.45, 7) is 0.186. The average Bonchev–Trinajstić information content (AvgIpc) is 3.05. The van der Waals surface area contributed by atoms with E-state index in [4.69, 9.17) is 0 Å². The Hall–Kier alpha value is -1.74. The van der Waals surface area contributed by atoms with Crippen LogP contribution in [0.3, 0.4) is 0 Å². The Labute approximate surface area is 141 Å². The lowest BCUT2D eigenvalue weighted by Gasteiger charge is -2.24. The highest BCUT2D eigenvalue weighted by molar-refractivity contribution is 7.89. The highest BCUT2D eigenvalue weighted by Crippen LogP contribution is 2.26. The van der Waals surface area contributed by atoms with Crippen LogP contribution in [0.2, 0.25) is 0 Å². The molecule has 0 radical (unpaired) electrons. The standard InChI is InChI=1S/C16H21N3O4S/c20-13-16(21)7-1-10-18(12-8-16)24(22,23)15-5-3-14(4-6-15)19-11-2-9-17-19/h2-6,9,11,20-21H,1,7-8,10,12-13H2/t16-/m0/s1. The van der Waals surface area contributed by atoms with Gasteiger partial charge in [-0.2, -0.15) is 9.40 Å². The third-order valence-corrected chi connectivity index (χ3v) is 6.33. The average molecular weight is 351 g/mol. The van der Waals surface area contributed by atoms with Gasteiger partial charge in [-0.3, -0.25) is 0 Å². The van der Waals surface area contributed by atoms with Crippen LogP contribution < -0.4 is 0 Å². The molecule has 0 unspecified atom stereocenters. The molecule has 1 atom stereocenters. The molecule has 1 aromatic heterocycles. The number of hydrogen-bond donors (Lipinski definition) is 2. The number of benzene rings is 1. The van der Waals surface area contributed by atoms with Crippen molar-refractivity contribution in [2.24, 2.45) is 0 Å². The molecule has 0 spiro atoms. The van der Waals surface area contributed by atoms with Gasteiger partial charge in [0, 0.05) is 25.5 Å². The summed E-state index contributed by atoms with van der Waals surface area (Å²) in [6.07, 6.45) is 4.59. The maximum atomic E-state index is 12.8. The van der Waals surface area contributed by atoms with E-state index >= 15 is 0 Å². The predicted molar refractivity (Wildman–Crippen MR) is 88.2 cm³/mol. The van der Waals surface area contributed by atoms with Crippen LogP contribution in [-0.4, -0.2) is 58.0 Å². The van der Waals surface area contributed by atoms with Gasteiger partial charge in [0.15, 0.2) is 0 Å². The second-order valence-corrected chi connectivity index (χ2v) is 8.02. The van der Waals surface area contributed by atoms with Crippen molar-refractivity contribution in [1.29, 1.82) is 0 Å². The zero-order valence-corrected chi connectivity index (χ0v) is 14.1. The van der Waals surface area contributed by atoms with Gasteiger partial charge < -0.3 is 10.2 Å². The van der Waals surface area contributed by atoms with Crippen LogP contribution in [0.25, 0.3) is 5.69 Å². The van der Waals surface area contributed by atoms with Crippen LogP contribution in [0.5, 0.6) is 0 Å². The zero-order valence-electron chi connectivity index (χ0n) is 13.2. The third-order valence-electron chi connectivity index (χ3n) is 4.41. The Balaban J connectivity index is 1.80. The Morgan fingerprint density at radius 3 is 2.54 bits per heavy atom. The van der Waals surface area contributed by atoms with Crippen LogP contribution >= 0.6 is 0 Å². The van der Waals surface area contributed by atoms with Gasteiger partial charge >= 0.3 is 0 Å². The van der Waals surface area contributed by atoms with Gasteiger partial charge in [-0.1, -0.05) is 0 Å². The topological polar surface area (TPSA) is 95.7 Å². The highest BCUT2D eigenvalue weighted by atomic mass is 32.2. The number of rotatable bonds is 4. The van der Waals surface area contributed by atoms with E-state index in [1.165, 1.54) is 4.31 Å². The highest BCUT2D eigenvalue weighted by Gasteiger charge is 2.34. The van der Waals surface area contributed by atoms with E-state index in [0.29, 0.717) is 19.4 Å². The molecule has 1 aromatic carbocycles. The van der Waals surface area contributed by atoms with Crippen molar-refractivity contribution in [2.75, 3.05) is 19.7 Å². The second kappa shape index (κ2) is 6.64. The summed E-state index contributed by atoms with van der Waals surface area (Å²) in [5.74, 6) is 0. The molecule has 1 fully saturated rings. The van der Waals surface area contributed by atoms with E-state index in [0.717, 1.165) is 5.69 Å². The summed E-state index contributed by atoms with van der Waals surface area (Å²) in [6, 6.07) is 8.35. The molecule has 24 heavy (non-hydrogen) atoms. The number of hydrogen-bond acceptors (Lipinski definition) is 5. The molecule has 130 valence electrons. The van der Waals surface area contributed by atoms with E-state index in [1.807, 2.05) is 0 Å². The van der Waals surface area contributed by atoms with E-state index in [9.17, 15) is 18.6 Å². The van der Waals surface area contributed by atoms with Gasteiger partial charge in [-0.05, 0) is 49.6 Å². The number of nitrogens with zero attached hydrogens (tertiary/aromatic N) is 3. The molecule has 1 aliphatic heterocycles. The molecule has 1 aliphatic rings. The van der Waals surface area contributed by atoms with Gasteiger partial charge in [0.1, 0.15) is 0 Å². The third kappa shape index (κ3) is 3.36. The van der Waals surface area contributed by atoms with Crippen molar-refractivity contribution in [3.8, 4) is 5.69 Å². The first-order valence-corrected chi connectivity index (χ1v) is 9.32. The molecule has 7 nitrogen and oxygen atoms in total. The van der Waals surface area contributed by atoms with Crippen molar-refractivity contribution in [3.63, 3.8) is 0 Å². The molecule has 2 heterocycles. The van der Waals surface area contributed by atoms with Gasteiger partial charge in [0.2, 0.25) is 10.0 Å². The first kappa shape index (κ1) is 17.1. The molecule has 8 heteroatoms. The normalized spacial score (nSPS) is 23.1. The number of aliphatic hydroxyl groups excluding tert-OH is 1.